The third-order valence-corrected chi connectivity index (χ3v) is 1.75. The third kappa shape index (κ3) is 3.75. The summed E-state index contributed by atoms with van der Waals surface area (Å²) < 4.78 is 5.63. The van der Waals surface area contributed by atoms with Crippen LogP contribution in [0.15, 0.2) is 18.3 Å². The van der Waals surface area contributed by atoms with E-state index in [2.05, 4.69) is 10.3 Å². The molecule has 0 saturated carbocycles. The minimum Gasteiger partial charge on any atom is -0.373 e. The number of pyridine rings is 1. The molecule has 1 heterocycles. The molecule has 0 fully saturated rings. The Kier molecular flexibility index (Phi) is 3.47. The molecule has 0 aliphatic heterocycles. The SMILES string of the molecule is CNc1ccc(COC(C)(C)C)cn1. The van der Waals surface area contributed by atoms with E-state index in [9.17, 15) is 0 Å². The smallest absolute Gasteiger partial charge is 0.125 e. The largest absolute Gasteiger partial charge is 0.373 e. The Morgan fingerprint density at radius 2 is 2.07 bits per heavy atom. The van der Waals surface area contributed by atoms with Gasteiger partial charge in [-0.15, -0.1) is 0 Å². The summed E-state index contributed by atoms with van der Waals surface area (Å²) in [6, 6.07) is 3.96. The molecule has 0 spiro atoms. The van der Waals surface area contributed by atoms with Gasteiger partial charge in [0.1, 0.15) is 5.82 Å². The van der Waals surface area contributed by atoms with E-state index in [0.717, 1.165) is 11.4 Å². The molecule has 14 heavy (non-hydrogen) atoms. The average Bonchev–Trinajstić information content (AvgIpc) is 2.14. The van der Waals surface area contributed by atoms with Crippen LogP contribution in [0.1, 0.15) is 26.3 Å². The zero-order valence-electron chi connectivity index (χ0n) is 9.29. The Bertz CT molecular complexity index is 274. The zero-order chi connectivity index (χ0) is 10.6. The molecule has 0 aromatic carbocycles. The summed E-state index contributed by atoms with van der Waals surface area (Å²) in [5.41, 5.74) is 1.00. The number of anilines is 1. The maximum Gasteiger partial charge on any atom is 0.125 e. The highest BCUT2D eigenvalue weighted by Gasteiger charge is 2.09. The van der Waals surface area contributed by atoms with Gasteiger partial charge < -0.3 is 10.1 Å². The molecule has 78 valence electrons. The fourth-order valence-electron chi connectivity index (χ4n) is 0.958. The molecule has 0 bridgehead atoms. The van der Waals surface area contributed by atoms with Crippen LogP contribution in [-0.2, 0) is 11.3 Å². The van der Waals surface area contributed by atoms with Crippen LogP contribution in [0.25, 0.3) is 0 Å². The molecule has 3 nitrogen and oxygen atoms in total. The topological polar surface area (TPSA) is 34.1 Å². The highest BCUT2D eigenvalue weighted by atomic mass is 16.5. The van der Waals surface area contributed by atoms with Gasteiger partial charge in [-0.1, -0.05) is 6.07 Å². The summed E-state index contributed by atoms with van der Waals surface area (Å²) in [6.45, 7) is 6.74. The van der Waals surface area contributed by atoms with Crippen LogP contribution in [-0.4, -0.2) is 17.6 Å². The van der Waals surface area contributed by atoms with Crippen molar-refractivity contribution in [1.82, 2.24) is 4.98 Å². The van der Waals surface area contributed by atoms with Crippen molar-refractivity contribution < 1.29 is 4.74 Å². The predicted molar refractivity (Wildman–Crippen MR) is 58.3 cm³/mol. The number of ether oxygens (including phenoxy) is 1. The first-order valence-corrected chi connectivity index (χ1v) is 4.78. The molecule has 0 amide bonds. The lowest BCUT2D eigenvalue weighted by Gasteiger charge is -2.19. The van der Waals surface area contributed by atoms with Gasteiger partial charge in [-0.05, 0) is 32.4 Å². The lowest BCUT2D eigenvalue weighted by Crippen LogP contribution is -2.18. The first-order valence-electron chi connectivity index (χ1n) is 4.78. The van der Waals surface area contributed by atoms with Crippen molar-refractivity contribution in [3.05, 3.63) is 23.9 Å². The fraction of sp³-hybridized carbons (Fsp3) is 0.545. The molecule has 0 unspecified atom stereocenters. The van der Waals surface area contributed by atoms with Gasteiger partial charge in [0, 0.05) is 13.2 Å². The van der Waals surface area contributed by atoms with Gasteiger partial charge in [0.15, 0.2) is 0 Å². The van der Waals surface area contributed by atoms with E-state index in [1.54, 1.807) is 0 Å². The van der Waals surface area contributed by atoms with Gasteiger partial charge in [-0.2, -0.15) is 0 Å². The molecule has 0 saturated heterocycles. The Morgan fingerprint density at radius 1 is 1.36 bits per heavy atom. The maximum absolute atomic E-state index is 5.63. The number of aromatic nitrogens is 1. The van der Waals surface area contributed by atoms with Crippen LogP contribution in [0.5, 0.6) is 0 Å². The number of hydrogen-bond donors (Lipinski definition) is 1. The van der Waals surface area contributed by atoms with Crippen LogP contribution in [0.4, 0.5) is 5.82 Å². The van der Waals surface area contributed by atoms with Crippen LogP contribution >= 0.6 is 0 Å². The van der Waals surface area contributed by atoms with Gasteiger partial charge >= 0.3 is 0 Å². The van der Waals surface area contributed by atoms with Crippen molar-refractivity contribution in [2.24, 2.45) is 0 Å². The second-order valence-corrected chi connectivity index (χ2v) is 4.20. The lowest BCUT2D eigenvalue weighted by molar-refractivity contribution is -0.0150. The predicted octanol–water partition coefficient (Wildman–Crippen LogP) is 2.44. The molecule has 0 radical (unpaired) electrons. The molecule has 1 aromatic heterocycles. The average molecular weight is 194 g/mol. The summed E-state index contributed by atoms with van der Waals surface area (Å²) in [4.78, 5) is 4.21. The second kappa shape index (κ2) is 4.42. The van der Waals surface area contributed by atoms with E-state index in [0.29, 0.717) is 6.61 Å². The molecule has 0 aliphatic carbocycles. The van der Waals surface area contributed by atoms with E-state index in [1.807, 2.05) is 46.1 Å². The third-order valence-electron chi connectivity index (χ3n) is 1.75. The zero-order valence-corrected chi connectivity index (χ0v) is 9.29. The van der Waals surface area contributed by atoms with Crippen molar-refractivity contribution >= 4 is 5.82 Å². The molecular formula is C11H18N2O. The first-order chi connectivity index (χ1) is 6.51. The van der Waals surface area contributed by atoms with Crippen molar-refractivity contribution in [2.75, 3.05) is 12.4 Å². The van der Waals surface area contributed by atoms with Crippen LogP contribution in [0.3, 0.4) is 0 Å². The Labute approximate surface area is 85.5 Å². The lowest BCUT2D eigenvalue weighted by atomic mass is 10.2. The fourth-order valence-corrected chi connectivity index (χ4v) is 0.958. The minimum atomic E-state index is -0.0956. The second-order valence-electron chi connectivity index (χ2n) is 4.20. The minimum absolute atomic E-state index is 0.0956. The first kappa shape index (κ1) is 11.0. The molecule has 0 atom stereocenters. The molecule has 0 aliphatic rings. The van der Waals surface area contributed by atoms with Crippen LogP contribution in [0, 0.1) is 0 Å². The summed E-state index contributed by atoms with van der Waals surface area (Å²) in [7, 11) is 1.85. The quantitative estimate of drug-likeness (QED) is 0.802. The number of nitrogens with zero attached hydrogens (tertiary/aromatic N) is 1. The Morgan fingerprint density at radius 3 is 2.50 bits per heavy atom. The van der Waals surface area contributed by atoms with E-state index in [1.165, 1.54) is 0 Å². The van der Waals surface area contributed by atoms with Crippen molar-refractivity contribution in [2.45, 2.75) is 33.0 Å². The summed E-state index contributed by atoms with van der Waals surface area (Å²) in [5.74, 6) is 0.879. The molecule has 1 aromatic rings. The van der Waals surface area contributed by atoms with Crippen molar-refractivity contribution in [1.29, 1.82) is 0 Å². The summed E-state index contributed by atoms with van der Waals surface area (Å²) in [6.07, 6.45) is 1.83. The van der Waals surface area contributed by atoms with E-state index in [-0.39, 0.29) is 5.60 Å². The summed E-state index contributed by atoms with van der Waals surface area (Å²) in [5, 5.41) is 2.97. The summed E-state index contributed by atoms with van der Waals surface area (Å²) >= 11 is 0. The number of nitrogens with one attached hydrogen (secondary N) is 1. The van der Waals surface area contributed by atoms with Crippen LogP contribution in [0.2, 0.25) is 0 Å². The number of rotatable bonds is 3. The molecule has 1 N–H and O–H groups in total. The van der Waals surface area contributed by atoms with Gasteiger partial charge in [-0.3, -0.25) is 0 Å². The van der Waals surface area contributed by atoms with Gasteiger partial charge in [0.2, 0.25) is 0 Å². The molecule has 3 heteroatoms. The van der Waals surface area contributed by atoms with Gasteiger partial charge in [-0.25, -0.2) is 4.98 Å². The highest BCUT2D eigenvalue weighted by Crippen LogP contribution is 2.12. The highest BCUT2D eigenvalue weighted by molar-refractivity contribution is 5.34. The Balaban J connectivity index is 2.52. The van der Waals surface area contributed by atoms with E-state index < -0.39 is 0 Å². The standard InChI is InChI=1S/C11H18N2O/c1-11(2,3)14-8-9-5-6-10(12-4)13-7-9/h5-7H,8H2,1-4H3,(H,12,13). The van der Waals surface area contributed by atoms with Gasteiger partial charge in [0.05, 0.1) is 12.2 Å². The van der Waals surface area contributed by atoms with E-state index in [4.69, 9.17) is 4.74 Å². The normalized spacial score (nSPS) is 11.4. The van der Waals surface area contributed by atoms with E-state index >= 15 is 0 Å². The molecular weight excluding hydrogens is 176 g/mol. The van der Waals surface area contributed by atoms with Crippen molar-refractivity contribution in [3.63, 3.8) is 0 Å². The van der Waals surface area contributed by atoms with Crippen LogP contribution < -0.4 is 5.32 Å². The Hall–Kier alpha value is -1.09. The maximum atomic E-state index is 5.63. The van der Waals surface area contributed by atoms with Gasteiger partial charge in [0.25, 0.3) is 0 Å². The molecule has 1 rings (SSSR count). The monoisotopic (exact) mass is 194 g/mol. The number of hydrogen-bond acceptors (Lipinski definition) is 3. The van der Waals surface area contributed by atoms with Crippen molar-refractivity contribution in [3.8, 4) is 0 Å².